The van der Waals surface area contributed by atoms with Crippen LogP contribution in [0.1, 0.15) is 66.2 Å². The van der Waals surface area contributed by atoms with Gasteiger partial charge in [-0.15, -0.1) is 0 Å². The van der Waals surface area contributed by atoms with E-state index in [1.807, 2.05) is 0 Å². The molecule has 0 bridgehead atoms. The van der Waals surface area contributed by atoms with Crippen LogP contribution in [-0.4, -0.2) is 29.7 Å². The zero-order chi connectivity index (χ0) is 17.1. The monoisotopic (exact) mass is 328 g/mol. The molecule has 2 aliphatic carbocycles. The molecule has 0 aromatic heterocycles. The molecule has 1 aromatic carbocycles. The molecule has 0 heterocycles. The second-order valence-corrected chi connectivity index (χ2v) is 6.92. The minimum Gasteiger partial charge on any atom is -0.353 e. The summed E-state index contributed by atoms with van der Waals surface area (Å²) in [7, 11) is 0. The van der Waals surface area contributed by atoms with Crippen molar-refractivity contribution in [1.82, 2.24) is 10.6 Å². The van der Waals surface area contributed by atoms with Crippen molar-refractivity contribution >= 4 is 17.6 Å². The lowest BCUT2D eigenvalue weighted by atomic mass is 9.85. The summed E-state index contributed by atoms with van der Waals surface area (Å²) in [6.07, 6.45) is 5.53. The van der Waals surface area contributed by atoms with Gasteiger partial charge in [-0.25, -0.2) is 0 Å². The van der Waals surface area contributed by atoms with Gasteiger partial charge in [0.05, 0.1) is 5.56 Å². The first-order valence-electron chi connectivity index (χ1n) is 8.76. The minimum absolute atomic E-state index is 0.0128. The highest BCUT2D eigenvalue weighted by Gasteiger charge is 2.32. The fourth-order valence-corrected chi connectivity index (χ4v) is 3.36. The van der Waals surface area contributed by atoms with E-state index in [-0.39, 0.29) is 29.6 Å². The molecule has 24 heavy (non-hydrogen) atoms. The van der Waals surface area contributed by atoms with Crippen LogP contribution in [0.2, 0.25) is 0 Å². The molecule has 2 aliphatic rings. The van der Waals surface area contributed by atoms with Gasteiger partial charge in [0.1, 0.15) is 0 Å². The zero-order valence-electron chi connectivity index (χ0n) is 14.0. The smallest absolute Gasteiger partial charge is 0.252 e. The Bertz CT molecular complexity index is 652. The SMILES string of the molecule is CC(=O)c1ccccc1C(=O)N[C@@H]1CCC[C@H](C(=O)NC2CC2)C1. The number of carbonyl (C=O) groups excluding carboxylic acids is 3. The number of rotatable bonds is 5. The Labute approximate surface area is 142 Å². The molecule has 1 aromatic rings. The van der Waals surface area contributed by atoms with E-state index >= 15 is 0 Å². The lowest BCUT2D eigenvalue weighted by Crippen LogP contribution is -2.43. The predicted octanol–water partition coefficient (Wildman–Crippen LogP) is 2.46. The van der Waals surface area contributed by atoms with E-state index in [4.69, 9.17) is 0 Å². The second kappa shape index (κ2) is 7.16. The van der Waals surface area contributed by atoms with Gasteiger partial charge in [0.25, 0.3) is 5.91 Å². The van der Waals surface area contributed by atoms with E-state index < -0.39 is 0 Å². The van der Waals surface area contributed by atoms with Crippen LogP contribution in [0.3, 0.4) is 0 Å². The molecule has 128 valence electrons. The Morgan fingerprint density at radius 2 is 1.62 bits per heavy atom. The molecule has 5 nitrogen and oxygen atoms in total. The van der Waals surface area contributed by atoms with Crippen molar-refractivity contribution in [2.45, 2.75) is 57.5 Å². The number of benzene rings is 1. The van der Waals surface area contributed by atoms with Crippen LogP contribution in [0, 0.1) is 5.92 Å². The van der Waals surface area contributed by atoms with Gasteiger partial charge in [0.15, 0.2) is 5.78 Å². The fourth-order valence-electron chi connectivity index (χ4n) is 3.36. The molecule has 3 rings (SSSR count). The number of ketones is 1. The highest BCUT2D eigenvalue weighted by atomic mass is 16.2. The summed E-state index contributed by atoms with van der Waals surface area (Å²) >= 11 is 0. The summed E-state index contributed by atoms with van der Waals surface area (Å²) in [5, 5.41) is 6.07. The van der Waals surface area contributed by atoms with Crippen LogP contribution in [0.15, 0.2) is 24.3 Å². The third kappa shape index (κ3) is 4.02. The fraction of sp³-hybridized carbons (Fsp3) is 0.526. The van der Waals surface area contributed by atoms with E-state index in [9.17, 15) is 14.4 Å². The van der Waals surface area contributed by atoms with Crippen molar-refractivity contribution in [3.8, 4) is 0 Å². The Morgan fingerprint density at radius 3 is 2.29 bits per heavy atom. The van der Waals surface area contributed by atoms with Crippen molar-refractivity contribution in [2.24, 2.45) is 5.92 Å². The first kappa shape index (κ1) is 16.7. The third-order valence-corrected chi connectivity index (χ3v) is 4.85. The summed E-state index contributed by atoms with van der Waals surface area (Å²) in [6.45, 7) is 1.46. The van der Waals surface area contributed by atoms with E-state index in [0.717, 1.165) is 32.1 Å². The van der Waals surface area contributed by atoms with Gasteiger partial charge in [-0.05, 0) is 45.1 Å². The summed E-state index contributed by atoms with van der Waals surface area (Å²) in [4.78, 5) is 36.4. The van der Waals surface area contributed by atoms with Gasteiger partial charge in [0.2, 0.25) is 5.91 Å². The van der Waals surface area contributed by atoms with E-state index in [1.54, 1.807) is 24.3 Å². The summed E-state index contributed by atoms with van der Waals surface area (Å²) in [6, 6.07) is 7.22. The third-order valence-electron chi connectivity index (χ3n) is 4.85. The lowest BCUT2D eigenvalue weighted by molar-refractivity contribution is -0.126. The lowest BCUT2D eigenvalue weighted by Gasteiger charge is -2.29. The van der Waals surface area contributed by atoms with E-state index in [1.165, 1.54) is 6.92 Å². The molecular formula is C19H24N2O3. The Balaban J connectivity index is 1.61. The quantitative estimate of drug-likeness (QED) is 0.815. The summed E-state index contributed by atoms with van der Waals surface area (Å²) in [5.74, 6) is -0.242. The average Bonchev–Trinajstić information content (AvgIpc) is 3.39. The molecule has 0 saturated heterocycles. The number of Topliss-reactive ketones (excluding diaryl/α,β-unsaturated/α-hetero) is 1. The minimum atomic E-state index is -0.228. The number of nitrogens with one attached hydrogen (secondary N) is 2. The average molecular weight is 328 g/mol. The highest BCUT2D eigenvalue weighted by molar-refractivity contribution is 6.07. The van der Waals surface area contributed by atoms with Crippen molar-refractivity contribution < 1.29 is 14.4 Å². The predicted molar refractivity (Wildman–Crippen MR) is 90.8 cm³/mol. The van der Waals surface area contributed by atoms with Crippen LogP contribution >= 0.6 is 0 Å². The molecule has 2 fully saturated rings. The summed E-state index contributed by atoms with van der Waals surface area (Å²) in [5.41, 5.74) is 0.850. The maximum absolute atomic E-state index is 12.5. The van der Waals surface area contributed by atoms with Crippen LogP contribution in [0.4, 0.5) is 0 Å². The van der Waals surface area contributed by atoms with Crippen molar-refractivity contribution in [3.63, 3.8) is 0 Å². The summed E-state index contributed by atoms with van der Waals surface area (Å²) < 4.78 is 0. The highest BCUT2D eigenvalue weighted by Crippen LogP contribution is 2.27. The van der Waals surface area contributed by atoms with Crippen molar-refractivity contribution in [2.75, 3.05) is 0 Å². The molecular weight excluding hydrogens is 304 g/mol. The van der Waals surface area contributed by atoms with Crippen LogP contribution < -0.4 is 10.6 Å². The van der Waals surface area contributed by atoms with Gasteiger partial charge >= 0.3 is 0 Å². The van der Waals surface area contributed by atoms with Crippen LogP contribution in [-0.2, 0) is 4.79 Å². The molecule has 2 amide bonds. The topological polar surface area (TPSA) is 75.3 Å². The molecule has 2 N–H and O–H groups in total. The van der Waals surface area contributed by atoms with Crippen LogP contribution in [0.25, 0.3) is 0 Å². The first-order valence-corrected chi connectivity index (χ1v) is 8.76. The molecule has 2 saturated carbocycles. The first-order chi connectivity index (χ1) is 11.5. The maximum atomic E-state index is 12.5. The van der Waals surface area contributed by atoms with Crippen molar-refractivity contribution in [1.29, 1.82) is 0 Å². The standard InChI is InChI=1S/C19H24N2O3/c1-12(22)16-7-2-3-8-17(16)19(24)21-15-6-4-5-13(11-15)18(23)20-14-9-10-14/h2-3,7-8,13-15H,4-6,9-11H2,1H3,(H,20,23)(H,21,24)/t13-,15+/m0/s1. The Morgan fingerprint density at radius 1 is 0.917 bits per heavy atom. The van der Waals surface area contributed by atoms with Gasteiger partial charge in [-0.2, -0.15) is 0 Å². The molecule has 0 aliphatic heterocycles. The Kier molecular flexibility index (Phi) is 4.97. The van der Waals surface area contributed by atoms with E-state index in [0.29, 0.717) is 23.6 Å². The Hall–Kier alpha value is -2.17. The molecule has 0 radical (unpaired) electrons. The number of hydrogen-bond donors (Lipinski definition) is 2. The van der Waals surface area contributed by atoms with E-state index in [2.05, 4.69) is 10.6 Å². The largest absolute Gasteiger partial charge is 0.353 e. The van der Waals surface area contributed by atoms with Gasteiger partial charge in [0, 0.05) is 23.6 Å². The maximum Gasteiger partial charge on any atom is 0.252 e. The molecule has 2 atom stereocenters. The molecule has 5 heteroatoms. The zero-order valence-corrected chi connectivity index (χ0v) is 14.0. The second-order valence-electron chi connectivity index (χ2n) is 6.92. The van der Waals surface area contributed by atoms with Gasteiger partial charge in [-0.3, -0.25) is 14.4 Å². The van der Waals surface area contributed by atoms with Crippen LogP contribution in [0.5, 0.6) is 0 Å². The molecule has 0 spiro atoms. The number of carbonyl (C=O) groups is 3. The normalized spacial score (nSPS) is 23.4. The molecule has 0 unspecified atom stereocenters. The van der Waals surface area contributed by atoms with Gasteiger partial charge < -0.3 is 10.6 Å². The number of amides is 2. The number of hydrogen-bond acceptors (Lipinski definition) is 3. The van der Waals surface area contributed by atoms with Crippen molar-refractivity contribution in [3.05, 3.63) is 35.4 Å². The van der Waals surface area contributed by atoms with Gasteiger partial charge in [-0.1, -0.05) is 24.6 Å².